The van der Waals surface area contributed by atoms with Crippen LogP contribution in [0.5, 0.6) is 11.5 Å². The lowest BCUT2D eigenvalue weighted by molar-refractivity contribution is -0.134. The van der Waals surface area contributed by atoms with Crippen LogP contribution < -0.4 is 9.47 Å². The van der Waals surface area contributed by atoms with E-state index in [1.165, 1.54) is 44.9 Å². The van der Waals surface area contributed by atoms with Gasteiger partial charge in [-0.15, -0.1) is 0 Å². The van der Waals surface area contributed by atoms with E-state index in [1.807, 2.05) is 43.3 Å². The maximum absolute atomic E-state index is 12.2. The predicted octanol–water partition coefficient (Wildman–Crippen LogP) is 8.59. The van der Waals surface area contributed by atoms with Gasteiger partial charge in [-0.25, -0.2) is 0 Å². The lowest BCUT2D eigenvalue weighted by Crippen LogP contribution is -2.26. The molecule has 0 fully saturated rings. The molecule has 0 aliphatic heterocycles. The van der Waals surface area contributed by atoms with E-state index in [0.29, 0.717) is 5.75 Å². The lowest BCUT2D eigenvalue weighted by atomic mass is 10.1. The average molecular weight is 504 g/mol. The Balaban J connectivity index is 1.74. The summed E-state index contributed by atoms with van der Waals surface area (Å²) in [5.74, 6) is 1.47. The maximum atomic E-state index is 12.2. The smallest absolute Gasteiger partial charge is 0.325 e. The number of carbonyl (C=O) groups is 1. The molecule has 2 aromatic rings. The molecular weight excluding hydrogens is 464 g/mol. The molecule has 0 aliphatic rings. The van der Waals surface area contributed by atoms with Gasteiger partial charge < -0.3 is 9.47 Å². The van der Waals surface area contributed by atoms with E-state index in [-0.39, 0.29) is 16.7 Å². The number of alkyl halides is 1. The van der Waals surface area contributed by atoms with Crippen molar-refractivity contribution in [3.05, 3.63) is 48.5 Å². The van der Waals surface area contributed by atoms with Crippen molar-refractivity contribution in [2.75, 3.05) is 6.61 Å². The van der Waals surface area contributed by atoms with Gasteiger partial charge in [0.15, 0.2) is 0 Å². The second-order valence-corrected chi connectivity index (χ2v) is 9.57. The topological polar surface area (TPSA) is 35.5 Å². The minimum Gasteiger partial charge on any atom is -0.494 e. The number of esters is 1. The van der Waals surface area contributed by atoms with Crippen LogP contribution in [0, 0.1) is 5.92 Å². The number of hydrogen-bond donors (Lipinski definition) is 0. The summed E-state index contributed by atoms with van der Waals surface area (Å²) in [7, 11) is 0. The van der Waals surface area contributed by atoms with Crippen LogP contribution in [0.2, 0.25) is 0 Å². The van der Waals surface area contributed by atoms with Crippen LogP contribution in [0.4, 0.5) is 0 Å². The molecule has 2 unspecified atom stereocenters. The van der Waals surface area contributed by atoms with Crippen LogP contribution in [0.1, 0.15) is 78.6 Å². The quantitative estimate of drug-likeness (QED) is 0.106. The second-order valence-electron chi connectivity index (χ2n) is 8.58. The molecule has 0 heterocycles. The first kappa shape index (κ1) is 26.4. The fourth-order valence-electron chi connectivity index (χ4n) is 3.50. The van der Waals surface area contributed by atoms with Gasteiger partial charge in [0.2, 0.25) is 0 Å². The first-order valence-corrected chi connectivity index (χ1v) is 13.2. The van der Waals surface area contributed by atoms with Crippen LogP contribution >= 0.6 is 15.9 Å². The molecule has 0 saturated heterocycles. The van der Waals surface area contributed by atoms with Gasteiger partial charge in [0.25, 0.3) is 0 Å². The first-order chi connectivity index (χ1) is 15.5. The van der Waals surface area contributed by atoms with Crippen LogP contribution in [-0.4, -0.2) is 17.4 Å². The van der Waals surface area contributed by atoms with Crippen molar-refractivity contribution in [1.82, 2.24) is 0 Å². The fourth-order valence-corrected chi connectivity index (χ4v) is 3.96. The molecule has 2 rings (SSSR count). The summed E-state index contributed by atoms with van der Waals surface area (Å²) in [6.45, 7) is 7.13. The van der Waals surface area contributed by atoms with E-state index in [1.54, 1.807) is 0 Å². The molecule has 176 valence electrons. The number of carbonyl (C=O) groups excluding carboxylic acids is 1. The van der Waals surface area contributed by atoms with E-state index in [2.05, 4.69) is 41.9 Å². The van der Waals surface area contributed by atoms with E-state index in [9.17, 15) is 4.79 Å². The summed E-state index contributed by atoms with van der Waals surface area (Å²) < 4.78 is 11.4. The minimum atomic E-state index is -0.287. The van der Waals surface area contributed by atoms with E-state index >= 15 is 0 Å². The number of halogens is 1. The van der Waals surface area contributed by atoms with Crippen LogP contribution in [-0.2, 0) is 4.79 Å². The van der Waals surface area contributed by atoms with E-state index < -0.39 is 0 Å². The van der Waals surface area contributed by atoms with Gasteiger partial charge in [-0.05, 0) is 47.7 Å². The van der Waals surface area contributed by atoms with Crippen molar-refractivity contribution < 1.29 is 14.3 Å². The zero-order valence-corrected chi connectivity index (χ0v) is 21.5. The fraction of sp³-hybridized carbons (Fsp3) is 0.536. The first-order valence-electron chi connectivity index (χ1n) is 12.2. The van der Waals surface area contributed by atoms with Gasteiger partial charge in [-0.1, -0.05) is 112 Å². The van der Waals surface area contributed by atoms with Gasteiger partial charge in [-0.3, -0.25) is 4.79 Å². The summed E-state index contributed by atoms with van der Waals surface area (Å²) in [6, 6.07) is 15.8. The zero-order valence-electron chi connectivity index (χ0n) is 19.9. The highest BCUT2D eigenvalue weighted by Gasteiger charge is 2.22. The maximum Gasteiger partial charge on any atom is 0.325 e. The molecule has 0 N–H and O–H groups in total. The van der Waals surface area contributed by atoms with Crippen molar-refractivity contribution in [2.45, 2.75) is 83.4 Å². The predicted molar refractivity (Wildman–Crippen MR) is 138 cm³/mol. The van der Waals surface area contributed by atoms with Gasteiger partial charge in [0, 0.05) is 0 Å². The summed E-state index contributed by atoms with van der Waals surface area (Å²) in [4.78, 5) is 11.9. The lowest BCUT2D eigenvalue weighted by Gasteiger charge is -2.15. The SMILES string of the molecule is CCCCCCCCCCOc1ccc(-c2ccc(OC(=O)C(Br)C(C)CC)cc2)cc1. The molecule has 2 atom stereocenters. The monoisotopic (exact) mass is 502 g/mol. The third-order valence-electron chi connectivity index (χ3n) is 5.90. The summed E-state index contributed by atoms with van der Waals surface area (Å²) in [5, 5.41) is 0. The zero-order chi connectivity index (χ0) is 23.2. The van der Waals surface area contributed by atoms with Crippen LogP contribution in [0.25, 0.3) is 11.1 Å². The van der Waals surface area contributed by atoms with Crippen molar-refractivity contribution in [2.24, 2.45) is 5.92 Å². The third-order valence-corrected chi connectivity index (χ3v) is 7.17. The third kappa shape index (κ3) is 9.36. The van der Waals surface area contributed by atoms with Gasteiger partial charge in [-0.2, -0.15) is 0 Å². The van der Waals surface area contributed by atoms with Crippen molar-refractivity contribution >= 4 is 21.9 Å². The number of unbranched alkanes of at least 4 members (excludes halogenated alkanes) is 7. The Morgan fingerprint density at radius 3 is 1.81 bits per heavy atom. The second kappa shape index (κ2) is 15.1. The molecule has 4 heteroatoms. The standard InChI is InChI=1S/C28H39BrO3/c1-4-6-7-8-9-10-11-12-21-31-25-17-13-23(14-18-25)24-15-19-26(20-16-24)32-28(30)27(29)22(3)5-2/h13-20,22,27H,4-12,21H2,1-3H3. The molecule has 2 aromatic carbocycles. The molecule has 0 radical (unpaired) electrons. The highest BCUT2D eigenvalue weighted by Crippen LogP contribution is 2.26. The molecule has 0 amide bonds. The molecule has 0 bridgehead atoms. The Morgan fingerprint density at radius 1 is 0.781 bits per heavy atom. The van der Waals surface area contributed by atoms with E-state index in [0.717, 1.165) is 36.3 Å². The molecule has 0 saturated carbocycles. The average Bonchev–Trinajstić information content (AvgIpc) is 2.83. The Labute approximate surface area is 203 Å². The number of benzene rings is 2. The molecule has 32 heavy (non-hydrogen) atoms. The largest absolute Gasteiger partial charge is 0.494 e. The van der Waals surface area contributed by atoms with Crippen molar-refractivity contribution in [1.29, 1.82) is 0 Å². The number of hydrogen-bond acceptors (Lipinski definition) is 3. The van der Waals surface area contributed by atoms with Crippen molar-refractivity contribution in [3.63, 3.8) is 0 Å². The highest BCUT2D eigenvalue weighted by molar-refractivity contribution is 9.10. The highest BCUT2D eigenvalue weighted by atomic mass is 79.9. The number of rotatable bonds is 15. The van der Waals surface area contributed by atoms with Gasteiger partial charge >= 0.3 is 5.97 Å². The van der Waals surface area contributed by atoms with Crippen LogP contribution in [0.15, 0.2) is 48.5 Å². The van der Waals surface area contributed by atoms with Gasteiger partial charge in [0.1, 0.15) is 16.3 Å². The minimum absolute atomic E-state index is 0.234. The van der Waals surface area contributed by atoms with Crippen molar-refractivity contribution in [3.8, 4) is 22.6 Å². The van der Waals surface area contributed by atoms with Crippen LogP contribution in [0.3, 0.4) is 0 Å². The Bertz CT molecular complexity index is 770. The Morgan fingerprint density at radius 2 is 1.28 bits per heavy atom. The van der Waals surface area contributed by atoms with Gasteiger partial charge in [0.05, 0.1) is 6.61 Å². The molecular formula is C28H39BrO3. The number of ether oxygens (including phenoxy) is 2. The molecule has 0 aliphatic carbocycles. The summed E-state index contributed by atoms with van der Waals surface area (Å²) in [6.07, 6.45) is 11.4. The summed E-state index contributed by atoms with van der Waals surface area (Å²) >= 11 is 3.44. The molecule has 0 aromatic heterocycles. The summed E-state index contributed by atoms with van der Waals surface area (Å²) in [5.41, 5.74) is 2.19. The Kier molecular flexibility index (Phi) is 12.5. The normalized spacial score (nSPS) is 12.9. The molecule has 0 spiro atoms. The Hall–Kier alpha value is -1.81. The van der Waals surface area contributed by atoms with E-state index in [4.69, 9.17) is 9.47 Å². The molecule has 3 nitrogen and oxygen atoms in total.